The number of hydrogen-bond acceptors (Lipinski definition) is 4. The number of hydrogen-bond donors (Lipinski definition) is 1. The smallest absolute Gasteiger partial charge is 0.373 e. The summed E-state index contributed by atoms with van der Waals surface area (Å²) in [5.74, 6) is 0. The van der Waals surface area contributed by atoms with Crippen LogP contribution < -0.4 is 0 Å². The van der Waals surface area contributed by atoms with Gasteiger partial charge in [0, 0.05) is 6.54 Å². The van der Waals surface area contributed by atoms with Crippen molar-refractivity contribution in [2.24, 2.45) is 0 Å². The van der Waals surface area contributed by atoms with Crippen molar-refractivity contribution in [2.45, 2.75) is 64.4 Å². The topological polar surface area (TPSA) is 59.0 Å². The summed E-state index contributed by atoms with van der Waals surface area (Å²) in [4.78, 5) is 18.1. The van der Waals surface area contributed by atoms with Crippen molar-refractivity contribution in [2.75, 3.05) is 6.54 Å². The molecule has 1 unspecified atom stereocenters. The van der Waals surface area contributed by atoms with Crippen molar-refractivity contribution in [3.8, 4) is 0 Å². The van der Waals surface area contributed by atoms with E-state index in [0.29, 0.717) is 13.0 Å². The van der Waals surface area contributed by atoms with E-state index in [-0.39, 0.29) is 5.04 Å². The Kier molecular flexibility index (Phi) is 4.80. The van der Waals surface area contributed by atoms with E-state index < -0.39 is 20.6 Å². The number of nitrogens with zero attached hydrogens (tertiary/aromatic N) is 1. The van der Waals surface area contributed by atoms with Crippen LogP contribution in [0.4, 0.5) is 4.79 Å². The molecule has 0 aromatic heterocycles. The molecule has 1 aliphatic rings. The number of carbonyl (C=O) groups is 1. The minimum atomic E-state index is -2.10. The molecule has 0 radical (unpaired) electrons. The Morgan fingerprint density at radius 1 is 1.33 bits per heavy atom. The van der Waals surface area contributed by atoms with Crippen LogP contribution in [0, 0.1) is 0 Å². The monoisotopic (exact) mass is 275 g/mol. The van der Waals surface area contributed by atoms with Crippen LogP contribution in [-0.2, 0) is 9.46 Å². The molecule has 0 saturated carbocycles. The summed E-state index contributed by atoms with van der Waals surface area (Å²) in [5, 5.41) is 9.69. The summed E-state index contributed by atoms with van der Waals surface area (Å²) in [5.41, 5.74) is 0. The molecule has 0 aromatic carbocycles. The van der Waals surface area contributed by atoms with E-state index in [0.717, 1.165) is 12.8 Å². The summed E-state index contributed by atoms with van der Waals surface area (Å²) in [6.45, 7) is 10.8. The molecule has 0 bridgehead atoms. The van der Waals surface area contributed by atoms with Gasteiger partial charge in [-0.3, -0.25) is 9.79 Å². The average Bonchev–Trinajstić information content (AvgIpc) is 2.25. The first-order chi connectivity index (χ1) is 8.15. The lowest BCUT2D eigenvalue weighted by Gasteiger charge is -2.35. The number of likely N-dealkylation sites (tertiary alicyclic amines) is 1. The van der Waals surface area contributed by atoms with Crippen LogP contribution in [0.2, 0.25) is 18.1 Å². The van der Waals surface area contributed by atoms with E-state index in [4.69, 9.17) is 9.46 Å². The third-order valence-electron chi connectivity index (χ3n) is 3.83. The van der Waals surface area contributed by atoms with Crippen LogP contribution in [0.15, 0.2) is 0 Å². The van der Waals surface area contributed by atoms with Gasteiger partial charge in [0.25, 0.3) is 8.32 Å². The first-order valence-electron chi connectivity index (χ1n) is 6.49. The van der Waals surface area contributed by atoms with E-state index in [1.54, 1.807) is 0 Å². The van der Waals surface area contributed by atoms with Gasteiger partial charge in [0.2, 0.25) is 0 Å². The fraction of sp³-hybridized carbons (Fsp3) is 0.917. The lowest BCUT2D eigenvalue weighted by Crippen LogP contribution is -2.47. The van der Waals surface area contributed by atoms with Gasteiger partial charge < -0.3 is 5.11 Å². The first-order valence-corrected chi connectivity index (χ1v) is 9.40. The molecular formula is C12H25NO4Si. The SMILES string of the molecule is CC(C)(C)[Si](C)(C)OOC(=O)N1CCCCC1O. The minimum absolute atomic E-state index is 0.0200. The molecule has 1 N–H and O–H groups in total. The van der Waals surface area contributed by atoms with Gasteiger partial charge in [0.15, 0.2) is 0 Å². The maximum atomic E-state index is 11.8. The Hall–Kier alpha value is -0.593. The molecular weight excluding hydrogens is 250 g/mol. The second-order valence-electron chi connectivity index (χ2n) is 6.36. The van der Waals surface area contributed by atoms with Crippen molar-refractivity contribution in [3.63, 3.8) is 0 Å². The molecule has 5 nitrogen and oxygen atoms in total. The summed E-state index contributed by atoms with van der Waals surface area (Å²) in [6, 6.07) is 0. The maximum Gasteiger partial charge on any atom is 0.442 e. The fourth-order valence-electron chi connectivity index (χ4n) is 1.44. The second kappa shape index (κ2) is 5.58. The van der Waals surface area contributed by atoms with E-state index in [1.807, 2.05) is 13.1 Å². The molecule has 6 heteroatoms. The van der Waals surface area contributed by atoms with Gasteiger partial charge in [0.1, 0.15) is 6.23 Å². The number of carbonyl (C=O) groups excluding carboxylic acids is 1. The standard InChI is InChI=1S/C12H25NO4Si/c1-12(2,3)18(4,5)17-16-11(15)13-9-7-6-8-10(13)14/h10,14H,6-9H2,1-5H3. The van der Waals surface area contributed by atoms with E-state index >= 15 is 0 Å². The quantitative estimate of drug-likeness (QED) is 0.478. The fourth-order valence-corrected chi connectivity index (χ4v) is 1.97. The Morgan fingerprint density at radius 3 is 2.44 bits per heavy atom. The number of piperidine rings is 1. The first kappa shape index (κ1) is 15.5. The predicted molar refractivity (Wildman–Crippen MR) is 71.3 cm³/mol. The summed E-state index contributed by atoms with van der Waals surface area (Å²) in [6.07, 6.45) is 1.12. The molecule has 1 heterocycles. The van der Waals surface area contributed by atoms with E-state index in [1.165, 1.54) is 4.90 Å². The number of amides is 1. The van der Waals surface area contributed by atoms with Crippen LogP contribution in [-0.4, -0.2) is 37.2 Å². The Bertz CT molecular complexity index is 301. The average molecular weight is 275 g/mol. The van der Waals surface area contributed by atoms with Crippen molar-refractivity contribution in [1.82, 2.24) is 4.90 Å². The van der Waals surface area contributed by atoms with Crippen LogP contribution in [0.25, 0.3) is 0 Å². The molecule has 106 valence electrons. The third kappa shape index (κ3) is 3.70. The Labute approximate surface area is 110 Å². The largest absolute Gasteiger partial charge is 0.442 e. The van der Waals surface area contributed by atoms with Gasteiger partial charge in [-0.05, 0) is 37.4 Å². The molecule has 1 fully saturated rings. The van der Waals surface area contributed by atoms with Gasteiger partial charge in [-0.1, -0.05) is 20.8 Å². The van der Waals surface area contributed by atoms with Gasteiger partial charge >= 0.3 is 6.09 Å². The zero-order chi connectivity index (χ0) is 14.0. The lowest BCUT2D eigenvalue weighted by atomic mass is 10.1. The molecule has 18 heavy (non-hydrogen) atoms. The summed E-state index contributed by atoms with van der Waals surface area (Å²) in [7, 11) is -2.10. The molecule has 0 spiro atoms. The van der Waals surface area contributed by atoms with Crippen LogP contribution in [0.5, 0.6) is 0 Å². The molecule has 1 saturated heterocycles. The normalized spacial score (nSPS) is 21.9. The lowest BCUT2D eigenvalue weighted by molar-refractivity contribution is -0.179. The molecule has 0 aliphatic carbocycles. The molecule has 1 amide bonds. The Balaban J connectivity index is 2.50. The highest BCUT2D eigenvalue weighted by Crippen LogP contribution is 2.36. The van der Waals surface area contributed by atoms with Crippen molar-refractivity contribution in [3.05, 3.63) is 0 Å². The highest BCUT2D eigenvalue weighted by Gasteiger charge is 2.41. The van der Waals surface area contributed by atoms with Crippen molar-refractivity contribution in [1.29, 1.82) is 0 Å². The summed E-state index contributed by atoms with van der Waals surface area (Å²) < 4.78 is 5.39. The molecule has 1 atom stereocenters. The zero-order valence-electron chi connectivity index (χ0n) is 12.0. The van der Waals surface area contributed by atoms with E-state index in [9.17, 15) is 9.90 Å². The minimum Gasteiger partial charge on any atom is -0.373 e. The summed E-state index contributed by atoms with van der Waals surface area (Å²) >= 11 is 0. The zero-order valence-corrected chi connectivity index (χ0v) is 13.0. The van der Waals surface area contributed by atoms with Crippen LogP contribution >= 0.6 is 0 Å². The molecule has 1 aliphatic heterocycles. The third-order valence-corrected chi connectivity index (χ3v) is 7.95. The number of rotatable bonds is 2. The Morgan fingerprint density at radius 2 is 1.94 bits per heavy atom. The van der Waals surface area contributed by atoms with Crippen molar-refractivity contribution < 1.29 is 19.4 Å². The van der Waals surface area contributed by atoms with Crippen LogP contribution in [0.1, 0.15) is 40.0 Å². The van der Waals surface area contributed by atoms with E-state index in [2.05, 4.69) is 20.8 Å². The van der Waals surface area contributed by atoms with Gasteiger partial charge in [0.05, 0.1) is 0 Å². The van der Waals surface area contributed by atoms with Gasteiger partial charge in [-0.15, -0.1) is 0 Å². The van der Waals surface area contributed by atoms with Gasteiger partial charge in [-0.25, -0.2) is 9.37 Å². The van der Waals surface area contributed by atoms with Crippen molar-refractivity contribution >= 4 is 14.4 Å². The number of aliphatic hydroxyl groups is 1. The number of aliphatic hydroxyl groups excluding tert-OH is 1. The van der Waals surface area contributed by atoms with Gasteiger partial charge in [-0.2, -0.15) is 0 Å². The highest BCUT2D eigenvalue weighted by molar-refractivity contribution is 6.73. The highest BCUT2D eigenvalue weighted by atomic mass is 28.4. The molecule has 0 aromatic rings. The predicted octanol–water partition coefficient (Wildman–Crippen LogP) is 2.86. The maximum absolute atomic E-state index is 11.8. The molecule has 1 rings (SSSR count). The second-order valence-corrected chi connectivity index (χ2v) is 11.0. The van der Waals surface area contributed by atoms with Crippen LogP contribution in [0.3, 0.4) is 0 Å².